The standard InChI is InChI=1S/C12H17NO5/c1-5-6-13-9(7-10(15)17-3)11(8(2)14)12(16)18-4/h5,14H,1,6-7H2,2-4H3. The highest BCUT2D eigenvalue weighted by Crippen LogP contribution is 2.10. The van der Waals surface area contributed by atoms with Crippen molar-refractivity contribution in [2.45, 2.75) is 13.3 Å². The van der Waals surface area contributed by atoms with Crippen molar-refractivity contribution in [1.29, 1.82) is 0 Å². The van der Waals surface area contributed by atoms with E-state index in [1.165, 1.54) is 27.2 Å². The number of esters is 2. The van der Waals surface area contributed by atoms with Gasteiger partial charge in [0.05, 0.1) is 32.9 Å². The first-order chi connectivity index (χ1) is 8.47. The van der Waals surface area contributed by atoms with Gasteiger partial charge < -0.3 is 14.6 Å². The molecule has 1 N–H and O–H groups in total. The second kappa shape index (κ2) is 8.05. The van der Waals surface area contributed by atoms with E-state index >= 15 is 0 Å². The van der Waals surface area contributed by atoms with Gasteiger partial charge in [0.1, 0.15) is 11.3 Å². The summed E-state index contributed by atoms with van der Waals surface area (Å²) in [4.78, 5) is 26.8. The number of hydrogen-bond acceptors (Lipinski definition) is 6. The van der Waals surface area contributed by atoms with E-state index in [0.717, 1.165) is 0 Å². The summed E-state index contributed by atoms with van der Waals surface area (Å²) in [6, 6.07) is 0. The Morgan fingerprint density at radius 1 is 1.33 bits per heavy atom. The van der Waals surface area contributed by atoms with Gasteiger partial charge >= 0.3 is 11.9 Å². The molecule has 0 aliphatic rings. The molecular weight excluding hydrogens is 238 g/mol. The molecule has 0 fully saturated rings. The highest BCUT2D eigenvalue weighted by atomic mass is 16.5. The molecule has 18 heavy (non-hydrogen) atoms. The summed E-state index contributed by atoms with van der Waals surface area (Å²) in [6.45, 7) is 5.00. The van der Waals surface area contributed by atoms with Gasteiger partial charge in [-0.05, 0) is 6.92 Å². The monoisotopic (exact) mass is 255 g/mol. The van der Waals surface area contributed by atoms with E-state index in [2.05, 4.69) is 21.0 Å². The number of aliphatic hydroxyl groups is 1. The number of allylic oxidation sites excluding steroid dienone is 1. The summed E-state index contributed by atoms with van der Waals surface area (Å²) in [5, 5.41) is 9.49. The molecule has 0 saturated carbocycles. The van der Waals surface area contributed by atoms with Gasteiger partial charge in [0.25, 0.3) is 0 Å². The van der Waals surface area contributed by atoms with Gasteiger partial charge in [-0.3, -0.25) is 9.79 Å². The number of rotatable bonds is 6. The maximum Gasteiger partial charge on any atom is 0.343 e. The zero-order valence-corrected chi connectivity index (χ0v) is 10.7. The Morgan fingerprint density at radius 2 is 1.94 bits per heavy atom. The van der Waals surface area contributed by atoms with E-state index in [-0.39, 0.29) is 30.0 Å². The summed E-state index contributed by atoms with van der Waals surface area (Å²) >= 11 is 0. The quantitative estimate of drug-likeness (QED) is 0.253. The number of ether oxygens (including phenoxy) is 2. The number of aliphatic hydroxyl groups excluding tert-OH is 1. The van der Waals surface area contributed by atoms with E-state index in [0.29, 0.717) is 0 Å². The van der Waals surface area contributed by atoms with Crippen LogP contribution in [0.3, 0.4) is 0 Å². The lowest BCUT2D eigenvalue weighted by Crippen LogP contribution is -2.20. The number of nitrogens with zero attached hydrogens (tertiary/aromatic N) is 1. The van der Waals surface area contributed by atoms with Crippen LogP contribution in [-0.2, 0) is 19.1 Å². The molecule has 0 aromatic heterocycles. The Morgan fingerprint density at radius 3 is 2.33 bits per heavy atom. The van der Waals surface area contributed by atoms with Gasteiger partial charge in [-0.2, -0.15) is 0 Å². The minimum atomic E-state index is -0.762. The number of carbonyl (C=O) groups excluding carboxylic acids is 2. The molecular formula is C12H17NO5. The van der Waals surface area contributed by atoms with Crippen LogP contribution in [0.15, 0.2) is 29.0 Å². The van der Waals surface area contributed by atoms with Crippen LogP contribution in [0.5, 0.6) is 0 Å². The Kier molecular flexibility index (Phi) is 7.11. The van der Waals surface area contributed by atoms with Gasteiger partial charge in [-0.1, -0.05) is 6.08 Å². The minimum Gasteiger partial charge on any atom is -0.512 e. The predicted molar refractivity (Wildman–Crippen MR) is 66.5 cm³/mol. The second-order valence-electron chi connectivity index (χ2n) is 3.28. The molecule has 0 rings (SSSR count). The van der Waals surface area contributed by atoms with Crippen molar-refractivity contribution >= 4 is 17.7 Å². The lowest BCUT2D eigenvalue weighted by molar-refractivity contribution is -0.139. The molecule has 0 radical (unpaired) electrons. The van der Waals surface area contributed by atoms with E-state index < -0.39 is 11.9 Å². The van der Waals surface area contributed by atoms with Crippen LogP contribution >= 0.6 is 0 Å². The molecule has 0 aromatic rings. The summed E-state index contributed by atoms with van der Waals surface area (Å²) in [5.74, 6) is -1.60. The normalized spacial score (nSPS) is 12.5. The van der Waals surface area contributed by atoms with Gasteiger partial charge in [0, 0.05) is 0 Å². The number of hydrogen-bond donors (Lipinski definition) is 1. The van der Waals surface area contributed by atoms with Crippen molar-refractivity contribution in [1.82, 2.24) is 0 Å². The van der Waals surface area contributed by atoms with Crippen LogP contribution in [0, 0.1) is 0 Å². The first kappa shape index (κ1) is 15.9. The molecule has 0 atom stereocenters. The van der Waals surface area contributed by atoms with Crippen LogP contribution in [0.4, 0.5) is 0 Å². The third kappa shape index (κ3) is 4.82. The largest absolute Gasteiger partial charge is 0.512 e. The Labute approximate surface area is 106 Å². The molecule has 0 spiro atoms. The van der Waals surface area contributed by atoms with Crippen molar-refractivity contribution in [3.63, 3.8) is 0 Å². The lowest BCUT2D eigenvalue weighted by Gasteiger charge is -2.09. The second-order valence-corrected chi connectivity index (χ2v) is 3.28. The van der Waals surface area contributed by atoms with Crippen molar-refractivity contribution in [2.24, 2.45) is 4.99 Å². The highest BCUT2D eigenvalue weighted by molar-refractivity contribution is 6.23. The van der Waals surface area contributed by atoms with Gasteiger partial charge in [-0.25, -0.2) is 4.79 Å². The van der Waals surface area contributed by atoms with Crippen LogP contribution in [0.25, 0.3) is 0 Å². The fraction of sp³-hybridized carbons (Fsp3) is 0.417. The topological polar surface area (TPSA) is 85.2 Å². The maximum absolute atomic E-state index is 11.5. The van der Waals surface area contributed by atoms with Gasteiger partial charge in [0.2, 0.25) is 0 Å². The van der Waals surface area contributed by atoms with E-state index in [1.807, 2.05) is 0 Å². The first-order valence-electron chi connectivity index (χ1n) is 5.17. The van der Waals surface area contributed by atoms with Crippen molar-refractivity contribution in [3.05, 3.63) is 24.0 Å². The maximum atomic E-state index is 11.5. The molecule has 100 valence electrons. The Hall–Kier alpha value is -2.11. The minimum absolute atomic E-state index is 0.105. The zero-order valence-electron chi connectivity index (χ0n) is 10.7. The average molecular weight is 255 g/mol. The van der Waals surface area contributed by atoms with E-state index in [1.54, 1.807) is 0 Å². The summed E-state index contributed by atoms with van der Waals surface area (Å²) in [7, 11) is 2.40. The van der Waals surface area contributed by atoms with Crippen LogP contribution < -0.4 is 0 Å². The molecule has 0 aliphatic carbocycles. The number of methoxy groups -OCH3 is 2. The molecule has 0 bridgehead atoms. The third-order valence-corrected chi connectivity index (χ3v) is 1.99. The molecule has 0 saturated heterocycles. The number of carbonyl (C=O) groups is 2. The van der Waals surface area contributed by atoms with Crippen LogP contribution in [0.1, 0.15) is 13.3 Å². The SMILES string of the molecule is C=CCN=C(CC(=O)OC)C(C(=O)OC)=C(C)O. The van der Waals surface area contributed by atoms with Gasteiger partial charge in [0.15, 0.2) is 0 Å². The predicted octanol–water partition coefficient (Wildman–Crippen LogP) is 1.18. The molecule has 0 amide bonds. The lowest BCUT2D eigenvalue weighted by atomic mass is 10.1. The molecule has 6 nitrogen and oxygen atoms in total. The molecule has 0 heterocycles. The molecule has 0 unspecified atom stereocenters. The average Bonchev–Trinajstić information content (AvgIpc) is 2.34. The Balaban J connectivity index is 5.39. The van der Waals surface area contributed by atoms with Crippen LogP contribution in [0.2, 0.25) is 0 Å². The summed E-state index contributed by atoms with van der Waals surface area (Å²) in [6.07, 6.45) is 1.27. The van der Waals surface area contributed by atoms with Crippen molar-refractivity contribution < 1.29 is 24.2 Å². The summed E-state index contributed by atoms with van der Waals surface area (Å²) in [5.41, 5.74) is -0.0293. The van der Waals surface area contributed by atoms with Gasteiger partial charge in [-0.15, -0.1) is 6.58 Å². The third-order valence-electron chi connectivity index (χ3n) is 1.99. The highest BCUT2D eigenvalue weighted by Gasteiger charge is 2.22. The number of aliphatic imine (C=N–C) groups is 1. The van der Waals surface area contributed by atoms with E-state index in [9.17, 15) is 14.7 Å². The molecule has 0 aliphatic heterocycles. The van der Waals surface area contributed by atoms with Crippen molar-refractivity contribution in [2.75, 3.05) is 20.8 Å². The molecule has 6 heteroatoms. The molecule has 0 aromatic carbocycles. The summed E-state index contributed by atoms with van der Waals surface area (Å²) < 4.78 is 9.04. The smallest absolute Gasteiger partial charge is 0.343 e. The van der Waals surface area contributed by atoms with Crippen LogP contribution in [-0.4, -0.2) is 43.5 Å². The van der Waals surface area contributed by atoms with Crippen molar-refractivity contribution in [3.8, 4) is 0 Å². The Bertz CT molecular complexity index is 391. The first-order valence-corrected chi connectivity index (χ1v) is 5.17. The fourth-order valence-corrected chi connectivity index (χ4v) is 1.18. The van der Waals surface area contributed by atoms with E-state index in [4.69, 9.17) is 0 Å². The zero-order chi connectivity index (χ0) is 14.1. The fourth-order valence-electron chi connectivity index (χ4n) is 1.18.